The summed E-state index contributed by atoms with van der Waals surface area (Å²) in [5, 5.41) is 11.4. The molecule has 5 nitrogen and oxygen atoms in total. The highest BCUT2D eigenvalue weighted by Crippen LogP contribution is 2.74. The largest absolute Gasteiger partial charge is 0.465 e. The van der Waals surface area contributed by atoms with E-state index in [1.807, 2.05) is 0 Å². The number of rotatable bonds is 7. The molecule has 4 aliphatic carbocycles. The Hall–Kier alpha value is -0.910. The first kappa shape index (κ1) is 30.5. The number of esters is 1. The highest BCUT2D eigenvalue weighted by atomic mass is 16.5. The molecule has 0 aromatic rings. The minimum Gasteiger partial charge on any atom is -0.465 e. The first-order valence-electron chi connectivity index (χ1n) is 16.4. The third-order valence-electron chi connectivity index (χ3n) is 14.1. The second kappa shape index (κ2) is 10.4. The molecule has 2 bridgehead atoms. The second-order valence-corrected chi connectivity index (χ2v) is 16.0. The van der Waals surface area contributed by atoms with Crippen molar-refractivity contribution in [2.24, 2.45) is 56.7 Å². The Morgan fingerprint density at radius 3 is 2.48 bits per heavy atom. The molecule has 0 radical (unpaired) electrons. The highest BCUT2D eigenvalue weighted by molar-refractivity contribution is 5.75. The molecule has 5 rings (SSSR count). The number of unbranched alkanes of at least 4 members (excludes halogenated alkanes) is 1. The van der Waals surface area contributed by atoms with Crippen molar-refractivity contribution >= 4 is 5.97 Å². The summed E-state index contributed by atoms with van der Waals surface area (Å²) in [7, 11) is 1.76. The van der Waals surface area contributed by atoms with Gasteiger partial charge in [-0.05, 0) is 84.9 Å². The standard InChI is InChI=1S/C35H58O5/c1-10-11-18-40-30(37)28-31(5,23(4)22(2)3)16-17-33(7)24-12-13-27-32(6)20-39-21-35(27,19-26(38-9)29(32)36)25(24)14-15-34(28,33)8/h14,22-24,26-29,36H,10-13,15-21H2,1-9H3/t23-,24+,26-,27+,28-,29+,31-,32+,33-,34+,35+/m1/s1. The minimum absolute atomic E-state index is 0.00602. The molecule has 0 aromatic heterocycles. The van der Waals surface area contributed by atoms with Crippen LogP contribution in [0.2, 0.25) is 0 Å². The van der Waals surface area contributed by atoms with E-state index in [9.17, 15) is 9.90 Å². The number of fused-ring (bicyclic) bond motifs is 3. The molecule has 5 aliphatic rings. The van der Waals surface area contributed by atoms with E-state index in [2.05, 4.69) is 61.5 Å². The summed E-state index contributed by atoms with van der Waals surface area (Å²) >= 11 is 0. The Morgan fingerprint density at radius 2 is 1.82 bits per heavy atom. The smallest absolute Gasteiger partial charge is 0.310 e. The average Bonchev–Trinajstić information content (AvgIpc) is 2.91. The third kappa shape index (κ3) is 3.99. The van der Waals surface area contributed by atoms with Crippen LogP contribution in [-0.2, 0) is 19.0 Å². The Labute approximate surface area is 244 Å². The number of carbonyl (C=O) groups is 1. The molecule has 1 heterocycles. The lowest BCUT2D eigenvalue weighted by Gasteiger charge is -2.71. The summed E-state index contributed by atoms with van der Waals surface area (Å²) in [5.41, 5.74) is 0.875. The number of hydrogen-bond donors (Lipinski definition) is 1. The van der Waals surface area contributed by atoms with Crippen molar-refractivity contribution in [2.45, 2.75) is 119 Å². The Bertz CT molecular complexity index is 1010. The molecule has 0 aromatic carbocycles. The predicted octanol–water partition coefficient (Wildman–Crippen LogP) is 7.21. The molecule has 4 fully saturated rings. The maximum absolute atomic E-state index is 14.2. The molecule has 5 heteroatoms. The fourth-order valence-corrected chi connectivity index (χ4v) is 11.2. The lowest BCUT2D eigenvalue weighted by Crippen LogP contribution is -2.69. The van der Waals surface area contributed by atoms with Gasteiger partial charge >= 0.3 is 5.97 Å². The molecular weight excluding hydrogens is 500 g/mol. The zero-order valence-electron chi connectivity index (χ0n) is 27.0. The molecule has 0 spiro atoms. The molecule has 1 saturated heterocycles. The van der Waals surface area contributed by atoms with Gasteiger partial charge in [-0.25, -0.2) is 0 Å². The number of ether oxygens (including phenoxy) is 3. The van der Waals surface area contributed by atoms with Gasteiger partial charge in [0.2, 0.25) is 0 Å². The Kier molecular flexibility index (Phi) is 7.92. The van der Waals surface area contributed by atoms with Crippen LogP contribution in [0.1, 0.15) is 107 Å². The number of carbonyl (C=O) groups excluding carboxylic acids is 1. The molecule has 1 N–H and O–H groups in total. The van der Waals surface area contributed by atoms with Gasteiger partial charge in [-0.3, -0.25) is 4.79 Å². The lowest BCUT2D eigenvalue weighted by atomic mass is 9.34. The number of aliphatic hydroxyl groups excluding tert-OH is 1. The van der Waals surface area contributed by atoms with Gasteiger partial charge < -0.3 is 19.3 Å². The molecule has 1 aliphatic heterocycles. The normalized spacial score (nSPS) is 48.9. The second-order valence-electron chi connectivity index (χ2n) is 16.0. The average molecular weight is 559 g/mol. The number of hydrogen-bond acceptors (Lipinski definition) is 5. The fraction of sp³-hybridized carbons (Fsp3) is 0.914. The Morgan fingerprint density at radius 1 is 1.10 bits per heavy atom. The van der Waals surface area contributed by atoms with Crippen molar-refractivity contribution in [3.8, 4) is 0 Å². The summed E-state index contributed by atoms with van der Waals surface area (Å²) in [6, 6.07) is 0. The van der Waals surface area contributed by atoms with Crippen molar-refractivity contribution in [1.29, 1.82) is 0 Å². The fourth-order valence-electron chi connectivity index (χ4n) is 11.2. The van der Waals surface area contributed by atoms with Crippen molar-refractivity contribution in [2.75, 3.05) is 26.9 Å². The van der Waals surface area contributed by atoms with Gasteiger partial charge in [0.05, 0.1) is 37.9 Å². The van der Waals surface area contributed by atoms with Crippen LogP contribution in [0.3, 0.4) is 0 Å². The van der Waals surface area contributed by atoms with Gasteiger partial charge in [-0.2, -0.15) is 0 Å². The highest BCUT2D eigenvalue weighted by Gasteiger charge is 2.71. The quantitative estimate of drug-likeness (QED) is 0.203. The van der Waals surface area contributed by atoms with E-state index < -0.39 is 6.10 Å². The molecule has 40 heavy (non-hydrogen) atoms. The van der Waals surface area contributed by atoms with E-state index >= 15 is 0 Å². The van der Waals surface area contributed by atoms with Crippen LogP contribution in [0.4, 0.5) is 0 Å². The summed E-state index contributed by atoms with van der Waals surface area (Å²) in [4.78, 5) is 14.2. The lowest BCUT2D eigenvalue weighted by molar-refractivity contribution is -0.257. The molecular formula is C35H58O5. The number of methoxy groups -OCH3 is 1. The van der Waals surface area contributed by atoms with Crippen LogP contribution in [-0.4, -0.2) is 50.2 Å². The van der Waals surface area contributed by atoms with E-state index in [1.165, 1.54) is 0 Å². The first-order valence-corrected chi connectivity index (χ1v) is 16.4. The first-order chi connectivity index (χ1) is 18.8. The summed E-state index contributed by atoms with van der Waals surface area (Å²) in [5.74, 6) is 1.64. The van der Waals surface area contributed by atoms with Gasteiger partial charge in [0, 0.05) is 17.9 Å². The maximum atomic E-state index is 14.2. The van der Waals surface area contributed by atoms with Gasteiger partial charge in [0.1, 0.15) is 0 Å². The summed E-state index contributed by atoms with van der Waals surface area (Å²) < 4.78 is 18.5. The van der Waals surface area contributed by atoms with E-state index in [0.29, 0.717) is 36.9 Å². The Balaban J connectivity index is 1.60. The van der Waals surface area contributed by atoms with Gasteiger partial charge in [-0.1, -0.05) is 73.5 Å². The van der Waals surface area contributed by atoms with E-state index in [-0.39, 0.29) is 45.1 Å². The van der Waals surface area contributed by atoms with Crippen molar-refractivity contribution < 1.29 is 24.1 Å². The zero-order chi connectivity index (χ0) is 29.3. The maximum Gasteiger partial charge on any atom is 0.310 e. The van der Waals surface area contributed by atoms with Gasteiger partial charge in [0.15, 0.2) is 0 Å². The monoisotopic (exact) mass is 558 g/mol. The zero-order valence-corrected chi connectivity index (χ0v) is 27.0. The number of allylic oxidation sites excluding steroid dienone is 1. The van der Waals surface area contributed by atoms with Crippen LogP contribution in [0.25, 0.3) is 0 Å². The third-order valence-corrected chi connectivity index (χ3v) is 14.1. The molecule has 0 amide bonds. The van der Waals surface area contributed by atoms with Gasteiger partial charge in [0.25, 0.3) is 0 Å². The van der Waals surface area contributed by atoms with Gasteiger partial charge in [-0.15, -0.1) is 0 Å². The SMILES string of the molecule is CCCCOC(=O)[C@@H]1[C@@](C)([C@H](C)C(C)C)CC[C@]2(C)[C@H]3CC[C@@H]4[C@@]5(COC[C@]4(C)[C@@H](O)[C@H](OC)C5)C3=CC[C@@]12C. The van der Waals surface area contributed by atoms with E-state index in [0.717, 1.165) is 58.0 Å². The van der Waals surface area contributed by atoms with E-state index in [1.54, 1.807) is 12.7 Å². The molecule has 3 saturated carbocycles. The van der Waals surface area contributed by atoms with Crippen LogP contribution in [0, 0.1) is 56.7 Å². The number of aliphatic hydroxyl groups is 1. The minimum atomic E-state index is -0.507. The topological polar surface area (TPSA) is 65.0 Å². The van der Waals surface area contributed by atoms with Crippen LogP contribution in [0.15, 0.2) is 11.6 Å². The summed E-state index contributed by atoms with van der Waals surface area (Å²) in [6.07, 6.45) is 9.96. The van der Waals surface area contributed by atoms with Crippen LogP contribution < -0.4 is 0 Å². The molecule has 11 atom stereocenters. The van der Waals surface area contributed by atoms with Crippen LogP contribution in [0.5, 0.6) is 0 Å². The van der Waals surface area contributed by atoms with Crippen LogP contribution >= 0.6 is 0 Å². The molecule has 0 unspecified atom stereocenters. The van der Waals surface area contributed by atoms with Crippen molar-refractivity contribution in [1.82, 2.24) is 0 Å². The summed E-state index contributed by atoms with van der Waals surface area (Å²) in [6.45, 7) is 20.6. The van der Waals surface area contributed by atoms with E-state index in [4.69, 9.17) is 14.2 Å². The van der Waals surface area contributed by atoms with Crippen molar-refractivity contribution in [3.63, 3.8) is 0 Å². The van der Waals surface area contributed by atoms with Crippen molar-refractivity contribution in [3.05, 3.63) is 11.6 Å². The molecule has 228 valence electrons. The predicted molar refractivity (Wildman–Crippen MR) is 159 cm³/mol.